The number of carbonyl (C=O) groups excluding carboxylic acids is 1. The molecule has 0 aliphatic carbocycles. The fourth-order valence-corrected chi connectivity index (χ4v) is 2.24. The van der Waals surface area contributed by atoms with Gasteiger partial charge in [-0.25, -0.2) is 0 Å². The van der Waals surface area contributed by atoms with Crippen molar-refractivity contribution in [1.29, 1.82) is 0 Å². The molecule has 108 valence electrons. The highest BCUT2D eigenvalue weighted by Crippen LogP contribution is 2.34. The van der Waals surface area contributed by atoms with Crippen LogP contribution in [0.1, 0.15) is 10.4 Å². The minimum atomic E-state index is -0.219. The highest BCUT2D eigenvalue weighted by Gasteiger charge is 2.23. The zero-order valence-corrected chi connectivity index (χ0v) is 11.6. The van der Waals surface area contributed by atoms with Crippen molar-refractivity contribution < 1.29 is 19.4 Å². The van der Waals surface area contributed by atoms with Gasteiger partial charge in [0.15, 0.2) is 11.5 Å². The standard InChI is InChI=1S/C16H15NO4/c1-17(11-4-2-5-12(18)10-11)16(19)13-6-3-7-14-15(13)21-9-8-20-14/h2-7,10,18H,8-9H2,1H3. The molecule has 3 rings (SSSR count). The van der Waals surface area contributed by atoms with Gasteiger partial charge in [0.1, 0.15) is 19.0 Å². The van der Waals surface area contributed by atoms with Crippen LogP contribution in [-0.4, -0.2) is 31.3 Å². The molecule has 0 saturated heterocycles. The number of benzene rings is 2. The van der Waals surface area contributed by atoms with E-state index in [1.54, 1.807) is 43.4 Å². The lowest BCUT2D eigenvalue weighted by atomic mass is 10.1. The summed E-state index contributed by atoms with van der Waals surface area (Å²) in [6.45, 7) is 0.903. The Morgan fingerprint density at radius 1 is 1.14 bits per heavy atom. The average molecular weight is 285 g/mol. The summed E-state index contributed by atoms with van der Waals surface area (Å²) in [6.07, 6.45) is 0. The molecule has 0 saturated carbocycles. The van der Waals surface area contributed by atoms with Gasteiger partial charge in [-0.3, -0.25) is 4.79 Å². The maximum Gasteiger partial charge on any atom is 0.261 e. The zero-order valence-electron chi connectivity index (χ0n) is 11.6. The maximum atomic E-state index is 12.6. The topological polar surface area (TPSA) is 59.0 Å². The highest BCUT2D eigenvalue weighted by molar-refractivity contribution is 6.08. The first-order valence-electron chi connectivity index (χ1n) is 6.62. The van der Waals surface area contributed by atoms with E-state index in [1.165, 1.54) is 11.0 Å². The molecule has 0 aromatic heterocycles. The van der Waals surface area contributed by atoms with Crippen molar-refractivity contribution >= 4 is 11.6 Å². The fraction of sp³-hybridized carbons (Fsp3) is 0.188. The Hall–Kier alpha value is -2.69. The van der Waals surface area contributed by atoms with Crippen LogP contribution in [0.4, 0.5) is 5.69 Å². The molecule has 1 heterocycles. The summed E-state index contributed by atoms with van der Waals surface area (Å²) in [5, 5.41) is 9.52. The van der Waals surface area contributed by atoms with E-state index < -0.39 is 0 Å². The smallest absolute Gasteiger partial charge is 0.261 e. The quantitative estimate of drug-likeness (QED) is 0.920. The first-order chi connectivity index (χ1) is 10.2. The molecule has 0 atom stereocenters. The number of anilines is 1. The molecule has 0 bridgehead atoms. The summed E-state index contributed by atoms with van der Waals surface area (Å²) >= 11 is 0. The molecule has 5 nitrogen and oxygen atoms in total. The summed E-state index contributed by atoms with van der Waals surface area (Å²) < 4.78 is 11.0. The Kier molecular flexibility index (Phi) is 3.39. The van der Waals surface area contributed by atoms with Gasteiger partial charge in [0.2, 0.25) is 0 Å². The van der Waals surface area contributed by atoms with Crippen molar-refractivity contribution in [2.24, 2.45) is 0 Å². The summed E-state index contributed by atoms with van der Waals surface area (Å²) in [7, 11) is 1.65. The number of fused-ring (bicyclic) bond motifs is 1. The van der Waals surface area contributed by atoms with Crippen LogP contribution >= 0.6 is 0 Å². The van der Waals surface area contributed by atoms with Gasteiger partial charge in [-0.1, -0.05) is 12.1 Å². The van der Waals surface area contributed by atoms with Crippen LogP contribution in [0.25, 0.3) is 0 Å². The van der Waals surface area contributed by atoms with Crippen molar-refractivity contribution in [3.05, 3.63) is 48.0 Å². The fourth-order valence-electron chi connectivity index (χ4n) is 2.24. The second-order valence-electron chi connectivity index (χ2n) is 4.71. The molecule has 2 aromatic carbocycles. The van der Waals surface area contributed by atoms with E-state index in [2.05, 4.69) is 0 Å². The van der Waals surface area contributed by atoms with Crippen molar-refractivity contribution in [2.75, 3.05) is 25.2 Å². The average Bonchev–Trinajstić information content (AvgIpc) is 2.53. The third-order valence-electron chi connectivity index (χ3n) is 3.32. The SMILES string of the molecule is CN(C(=O)c1cccc2c1OCCO2)c1cccc(O)c1. The molecule has 21 heavy (non-hydrogen) atoms. The van der Waals surface area contributed by atoms with Gasteiger partial charge in [-0.05, 0) is 24.3 Å². The van der Waals surface area contributed by atoms with Crippen molar-refractivity contribution in [3.8, 4) is 17.2 Å². The third kappa shape index (κ3) is 2.50. The monoisotopic (exact) mass is 285 g/mol. The predicted octanol–water partition coefficient (Wildman–Crippen LogP) is 2.44. The van der Waals surface area contributed by atoms with Crippen molar-refractivity contribution in [2.45, 2.75) is 0 Å². The lowest BCUT2D eigenvalue weighted by Crippen LogP contribution is -2.28. The molecule has 1 aliphatic heterocycles. The Morgan fingerprint density at radius 2 is 1.90 bits per heavy atom. The Balaban J connectivity index is 1.95. The number of ether oxygens (including phenoxy) is 2. The largest absolute Gasteiger partial charge is 0.508 e. The number of rotatable bonds is 2. The van der Waals surface area contributed by atoms with E-state index in [1.807, 2.05) is 0 Å². The number of hydrogen-bond donors (Lipinski definition) is 1. The molecule has 0 fully saturated rings. The lowest BCUT2D eigenvalue weighted by molar-refractivity contribution is 0.0982. The molecule has 0 radical (unpaired) electrons. The van der Waals surface area contributed by atoms with Crippen LogP contribution in [0, 0.1) is 0 Å². The van der Waals surface area contributed by atoms with E-state index in [-0.39, 0.29) is 11.7 Å². The molecular formula is C16H15NO4. The van der Waals surface area contributed by atoms with E-state index in [4.69, 9.17) is 9.47 Å². The minimum absolute atomic E-state index is 0.113. The summed E-state index contributed by atoms with van der Waals surface area (Å²) in [6, 6.07) is 11.8. The zero-order chi connectivity index (χ0) is 14.8. The van der Waals surface area contributed by atoms with Crippen LogP contribution in [0.3, 0.4) is 0 Å². The Bertz CT molecular complexity index is 684. The van der Waals surface area contributed by atoms with E-state index in [9.17, 15) is 9.90 Å². The number of amides is 1. The molecule has 2 aromatic rings. The predicted molar refractivity (Wildman–Crippen MR) is 78.3 cm³/mol. The van der Waals surface area contributed by atoms with Gasteiger partial charge >= 0.3 is 0 Å². The second-order valence-corrected chi connectivity index (χ2v) is 4.71. The molecule has 0 unspecified atom stereocenters. The van der Waals surface area contributed by atoms with Crippen LogP contribution in [0.15, 0.2) is 42.5 Å². The van der Waals surface area contributed by atoms with Crippen LogP contribution < -0.4 is 14.4 Å². The number of nitrogens with zero attached hydrogens (tertiary/aromatic N) is 1. The highest BCUT2D eigenvalue weighted by atomic mass is 16.6. The second kappa shape index (κ2) is 5.36. The first kappa shape index (κ1) is 13.3. The van der Waals surface area contributed by atoms with Gasteiger partial charge in [0.25, 0.3) is 5.91 Å². The number of aromatic hydroxyl groups is 1. The first-order valence-corrected chi connectivity index (χ1v) is 6.62. The Labute approximate surface area is 122 Å². The van der Waals surface area contributed by atoms with E-state index >= 15 is 0 Å². The van der Waals surface area contributed by atoms with Gasteiger partial charge < -0.3 is 19.5 Å². The van der Waals surface area contributed by atoms with Crippen LogP contribution in [-0.2, 0) is 0 Å². The summed E-state index contributed by atoms with van der Waals surface area (Å²) in [5.74, 6) is 0.946. The third-order valence-corrected chi connectivity index (χ3v) is 3.32. The molecule has 1 aliphatic rings. The summed E-state index contributed by atoms with van der Waals surface area (Å²) in [5.41, 5.74) is 1.05. The number of hydrogen-bond acceptors (Lipinski definition) is 4. The maximum absolute atomic E-state index is 12.6. The lowest BCUT2D eigenvalue weighted by Gasteiger charge is -2.23. The van der Waals surface area contributed by atoms with Crippen molar-refractivity contribution in [1.82, 2.24) is 0 Å². The molecule has 1 amide bonds. The van der Waals surface area contributed by atoms with E-state index in [0.717, 1.165) is 0 Å². The van der Waals surface area contributed by atoms with Crippen LogP contribution in [0.5, 0.6) is 17.2 Å². The molecular weight excluding hydrogens is 270 g/mol. The number of carbonyl (C=O) groups is 1. The normalized spacial score (nSPS) is 12.8. The van der Waals surface area contributed by atoms with Gasteiger partial charge in [0.05, 0.1) is 5.56 Å². The Morgan fingerprint density at radius 3 is 2.71 bits per heavy atom. The number of para-hydroxylation sites is 1. The molecule has 5 heteroatoms. The minimum Gasteiger partial charge on any atom is -0.508 e. The van der Waals surface area contributed by atoms with Crippen LogP contribution in [0.2, 0.25) is 0 Å². The number of phenols is 1. The number of phenolic OH excluding ortho intramolecular Hbond substituents is 1. The van der Waals surface area contributed by atoms with Gasteiger partial charge in [0, 0.05) is 18.8 Å². The van der Waals surface area contributed by atoms with Crippen molar-refractivity contribution in [3.63, 3.8) is 0 Å². The van der Waals surface area contributed by atoms with E-state index in [0.29, 0.717) is 36.0 Å². The molecule has 1 N–H and O–H groups in total. The van der Waals surface area contributed by atoms with Gasteiger partial charge in [-0.2, -0.15) is 0 Å². The molecule has 0 spiro atoms. The van der Waals surface area contributed by atoms with Gasteiger partial charge in [-0.15, -0.1) is 0 Å². The summed E-state index contributed by atoms with van der Waals surface area (Å²) in [4.78, 5) is 14.1.